The standard InChI is InChI=1S/C15H15NO5S2/c1-9-8-13(22-14(9)15(18)21-3)16-23(19,20)12-6-4-11(5-7-12)10(2)17/h4-8,16H,1-3H3. The number of aryl methyl sites for hydroxylation is 1. The van der Waals surface area contributed by atoms with Crippen molar-refractivity contribution >= 4 is 38.1 Å². The van der Waals surface area contributed by atoms with Crippen molar-refractivity contribution < 1.29 is 22.7 Å². The largest absolute Gasteiger partial charge is 0.465 e. The molecule has 0 unspecified atom stereocenters. The van der Waals surface area contributed by atoms with Crippen LogP contribution < -0.4 is 4.72 Å². The maximum atomic E-state index is 12.3. The van der Waals surface area contributed by atoms with Crippen LogP contribution in [-0.2, 0) is 14.8 Å². The zero-order chi connectivity index (χ0) is 17.2. The molecule has 1 N–H and O–H groups in total. The van der Waals surface area contributed by atoms with Gasteiger partial charge in [-0.2, -0.15) is 0 Å². The molecule has 2 rings (SSSR count). The van der Waals surface area contributed by atoms with Crippen molar-refractivity contribution in [1.29, 1.82) is 0 Å². The quantitative estimate of drug-likeness (QED) is 0.659. The van der Waals surface area contributed by atoms with Gasteiger partial charge in [0.1, 0.15) is 9.88 Å². The molecule has 0 aliphatic carbocycles. The average Bonchev–Trinajstić information content (AvgIpc) is 2.86. The van der Waals surface area contributed by atoms with Crippen LogP contribution in [0.5, 0.6) is 0 Å². The van der Waals surface area contributed by atoms with Crippen LogP contribution in [0.3, 0.4) is 0 Å². The van der Waals surface area contributed by atoms with Gasteiger partial charge in [0.15, 0.2) is 5.78 Å². The van der Waals surface area contributed by atoms with Gasteiger partial charge in [0.25, 0.3) is 10.0 Å². The summed E-state index contributed by atoms with van der Waals surface area (Å²) in [6, 6.07) is 7.20. The molecule has 0 fully saturated rings. The third kappa shape index (κ3) is 3.77. The number of ketones is 1. The van der Waals surface area contributed by atoms with Crippen molar-refractivity contribution in [2.75, 3.05) is 11.8 Å². The summed E-state index contributed by atoms with van der Waals surface area (Å²) in [6.45, 7) is 3.10. The topological polar surface area (TPSA) is 89.5 Å². The lowest BCUT2D eigenvalue weighted by atomic mass is 10.2. The van der Waals surface area contributed by atoms with E-state index in [0.29, 0.717) is 21.0 Å². The number of carbonyl (C=O) groups is 2. The number of esters is 1. The second-order valence-corrected chi connectivity index (χ2v) is 7.54. The smallest absolute Gasteiger partial charge is 0.348 e. The number of methoxy groups -OCH3 is 1. The van der Waals surface area contributed by atoms with Gasteiger partial charge in [0.05, 0.1) is 12.0 Å². The SMILES string of the molecule is COC(=O)c1sc(NS(=O)(=O)c2ccc(C(C)=O)cc2)cc1C. The molecule has 0 saturated heterocycles. The van der Waals surface area contributed by atoms with Crippen LogP contribution in [0.15, 0.2) is 35.2 Å². The number of anilines is 1. The lowest BCUT2D eigenvalue weighted by Crippen LogP contribution is -2.12. The molecule has 0 spiro atoms. The fraction of sp³-hybridized carbons (Fsp3) is 0.200. The van der Waals surface area contributed by atoms with Crippen LogP contribution >= 0.6 is 11.3 Å². The van der Waals surface area contributed by atoms with E-state index in [-0.39, 0.29) is 10.7 Å². The summed E-state index contributed by atoms with van der Waals surface area (Å²) < 4.78 is 31.7. The van der Waals surface area contributed by atoms with Crippen molar-refractivity contribution in [2.24, 2.45) is 0 Å². The number of hydrogen-bond donors (Lipinski definition) is 1. The third-order valence-corrected chi connectivity index (χ3v) is 5.74. The molecule has 23 heavy (non-hydrogen) atoms. The first-order valence-electron chi connectivity index (χ1n) is 6.57. The highest BCUT2D eigenvalue weighted by Crippen LogP contribution is 2.29. The van der Waals surface area contributed by atoms with E-state index in [1.54, 1.807) is 13.0 Å². The first-order chi connectivity index (χ1) is 10.7. The lowest BCUT2D eigenvalue weighted by molar-refractivity contribution is 0.0605. The summed E-state index contributed by atoms with van der Waals surface area (Å²) in [5, 5.41) is 0.318. The summed E-state index contributed by atoms with van der Waals surface area (Å²) >= 11 is 1.00. The Labute approximate surface area is 138 Å². The van der Waals surface area contributed by atoms with E-state index >= 15 is 0 Å². The number of benzene rings is 1. The maximum absolute atomic E-state index is 12.3. The molecular weight excluding hydrogens is 338 g/mol. The van der Waals surface area contributed by atoms with Crippen LogP contribution in [0.25, 0.3) is 0 Å². The summed E-state index contributed by atoms with van der Waals surface area (Å²) in [5.41, 5.74) is 1.07. The van der Waals surface area contributed by atoms with Gasteiger partial charge in [0, 0.05) is 5.56 Å². The van der Waals surface area contributed by atoms with Gasteiger partial charge in [-0.3, -0.25) is 9.52 Å². The number of carbonyl (C=O) groups excluding carboxylic acids is 2. The highest BCUT2D eigenvalue weighted by atomic mass is 32.2. The molecule has 1 aromatic heterocycles. The number of sulfonamides is 1. The normalized spacial score (nSPS) is 11.1. The van der Waals surface area contributed by atoms with Crippen molar-refractivity contribution in [3.8, 4) is 0 Å². The van der Waals surface area contributed by atoms with Crippen LogP contribution in [0, 0.1) is 6.92 Å². The molecule has 2 aromatic rings. The second-order valence-electron chi connectivity index (χ2n) is 4.80. The Hall–Kier alpha value is -2.19. The predicted octanol–water partition coefficient (Wildman–Crippen LogP) is 2.85. The number of Topliss-reactive ketones (excluding diaryl/α,β-unsaturated/α-hetero) is 1. The maximum Gasteiger partial charge on any atom is 0.348 e. The van der Waals surface area contributed by atoms with Gasteiger partial charge in [-0.15, -0.1) is 11.3 Å². The fourth-order valence-electron chi connectivity index (χ4n) is 1.89. The van der Waals surface area contributed by atoms with E-state index in [9.17, 15) is 18.0 Å². The number of ether oxygens (including phenoxy) is 1. The third-order valence-electron chi connectivity index (χ3n) is 3.09. The summed E-state index contributed by atoms with van der Waals surface area (Å²) in [5.74, 6) is -0.651. The van der Waals surface area contributed by atoms with Crippen molar-refractivity contribution in [2.45, 2.75) is 18.7 Å². The summed E-state index contributed by atoms with van der Waals surface area (Å²) in [7, 11) is -2.53. The van der Waals surface area contributed by atoms with Gasteiger partial charge >= 0.3 is 5.97 Å². The van der Waals surface area contributed by atoms with Crippen LogP contribution in [-0.4, -0.2) is 27.3 Å². The number of thiophene rings is 1. The first-order valence-corrected chi connectivity index (χ1v) is 8.87. The van der Waals surface area contributed by atoms with E-state index in [4.69, 9.17) is 0 Å². The Balaban J connectivity index is 2.28. The second kappa shape index (κ2) is 6.51. The van der Waals surface area contributed by atoms with Crippen LogP contribution in [0.4, 0.5) is 5.00 Å². The monoisotopic (exact) mass is 353 g/mol. The van der Waals surface area contributed by atoms with E-state index in [1.165, 1.54) is 38.3 Å². The van der Waals surface area contributed by atoms with Crippen molar-refractivity contribution in [3.05, 3.63) is 46.3 Å². The first kappa shape index (κ1) is 17.2. The van der Waals surface area contributed by atoms with Crippen molar-refractivity contribution in [3.63, 3.8) is 0 Å². The van der Waals surface area contributed by atoms with E-state index in [2.05, 4.69) is 9.46 Å². The minimum Gasteiger partial charge on any atom is -0.465 e. The zero-order valence-corrected chi connectivity index (χ0v) is 14.4. The Morgan fingerprint density at radius 2 is 1.78 bits per heavy atom. The van der Waals surface area contributed by atoms with E-state index in [1.807, 2.05) is 0 Å². The number of hydrogen-bond acceptors (Lipinski definition) is 6. The van der Waals surface area contributed by atoms with E-state index < -0.39 is 16.0 Å². The Morgan fingerprint density at radius 1 is 1.17 bits per heavy atom. The molecule has 0 atom stereocenters. The minimum absolute atomic E-state index is 0.0353. The molecule has 1 heterocycles. The summed E-state index contributed by atoms with van der Waals surface area (Å²) in [6.07, 6.45) is 0. The lowest BCUT2D eigenvalue weighted by Gasteiger charge is -2.06. The van der Waals surface area contributed by atoms with Gasteiger partial charge in [-0.1, -0.05) is 12.1 Å². The molecule has 0 radical (unpaired) electrons. The van der Waals surface area contributed by atoms with Gasteiger partial charge in [0.2, 0.25) is 0 Å². The highest BCUT2D eigenvalue weighted by molar-refractivity contribution is 7.93. The number of rotatable bonds is 5. The molecule has 6 nitrogen and oxygen atoms in total. The van der Waals surface area contributed by atoms with Gasteiger partial charge < -0.3 is 4.74 Å². The Kier molecular flexibility index (Phi) is 4.86. The molecule has 0 amide bonds. The Morgan fingerprint density at radius 3 is 2.30 bits per heavy atom. The van der Waals surface area contributed by atoms with Gasteiger partial charge in [-0.05, 0) is 37.6 Å². The molecule has 0 aliphatic heterocycles. The van der Waals surface area contributed by atoms with Crippen molar-refractivity contribution in [1.82, 2.24) is 0 Å². The zero-order valence-electron chi connectivity index (χ0n) is 12.7. The van der Waals surface area contributed by atoms with Gasteiger partial charge in [-0.25, -0.2) is 13.2 Å². The Bertz CT molecular complexity index is 850. The van der Waals surface area contributed by atoms with Crippen LogP contribution in [0.2, 0.25) is 0 Å². The molecule has 1 aromatic carbocycles. The average molecular weight is 353 g/mol. The molecule has 122 valence electrons. The fourth-order valence-corrected chi connectivity index (χ4v) is 4.16. The molecule has 0 aliphatic rings. The number of nitrogens with one attached hydrogen (secondary N) is 1. The summed E-state index contributed by atoms with van der Waals surface area (Å²) in [4.78, 5) is 23.2. The van der Waals surface area contributed by atoms with E-state index in [0.717, 1.165) is 11.3 Å². The highest BCUT2D eigenvalue weighted by Gasteiger charge is 2.19. The minimum atomic E-state index is -3.79. The van der Waals surface area contributed by atoms with Crippen LogP contribution in [0.1, 0.15) is 32.5 Å². The molecular formula is C15H15NO5S2. The molecule has 0 saturated carbocycles. The predicted molar refractivity (Wildman–Crippen MR) is 87.7 cm³/mol. The molecule has 8 heteroatoms. The molecule has 0 bridgehead atoms.